The number of carbonyl (C=O) groups is 1. The Morgan fingerprint density at radius 2 is 1.54 bits per heavy atom. The van der Waals surface area contributed by atoms with Crippen molar-refractivity contribution in [2.45, 2.75) is 44.4 Å². The molecule has 0 fully saturated rings. The Bertz CT molecular complexity index is 1520. The largest absolute Gasteiger partial charge is 0.416 e. The fraction of sp³-hybridized carbons (Fsp3) is 0.250. The van der Waals surface area contributed by atoms with E-state index in [0.717, 1.165) is 39.9 Å². The summed E-state index contributed by atoms with van der Waals surface area (Å²) in [5, 5.41) is 3.72. The van der Waals surface area contributed by atoms with Crippen molar-refractivity contribution in [1.29, 1.82) is 0 Å². The van der Waals surface area contributed by atoms with Gasteiger partial charge in [-0.25, -0.2) is 8.42 Å². The lowest BCUT2D eigenvalue weighted by Gasteiger charge is -2.10. The van der Waals surface area contributed by atoms with E-state index in [-0.39, 0.29) is 23.1 Å². The van der Waals surface area contributed by atoms with Gasteiger partial charge in [0.1, 0.15) is 0 Å². The summed E-state index contributed by atoms with van der Waals surface area (Å²) in [6.07, 6.45) is -3.90. The number of carbonyl (C=O) groups excluding carboxylic acids is 1. The van der Waals surface area contributed by atoms with Crippen molar-refractivity contribution in [3.8, 4) is 0 Å². The van der Waals surface area contributed by atoms with E-state index < -0.39 is 21.6 Å². The minimum Gasteiger partial charge on any atom is -0.348 e. The van der Waals surface area contributed by atoms with Gasteiger partial charge in [0.05, 0.1) is 16.2 Å². The molecule has 0 spiro atoms. The molecule has 0 aliphatic carbocycles. The van der Waals surface area contributed by atoms with Crippen molar-refractivity contribution in [3.05, 3.63) is 101 Å². The van der Waals surface area contributed by atoms with Crippen LogP contribution in [0, 0.1) is 0 Å². The molecule has 0 bridgehead atoms. The van der Waals surface area contributed by atoms with Gasteiger partial charge in [-0.15, -0.1) is 0 Å². The lowest BCUT2D eigenvalue weighted by atomic mass is 10.1. The smallest absolute Gasteiger partial charge is 0.348 e. The molecule has 0 radical (unpaired) electrons. The second kappa shape index (κ2) is 10.4. The van der Waals surface area contributed by atoms with E-state index in [2.05, 4.69) is 9.88 Å². The minimum atomic E-state index is -4.37. The number of nitrogens with one attached hydrogen (secondary N) is 1. The van der Waals surface area contributed by atoms with Gasteiger partial charge in [-0.1, -0.05) is 31.2 Å². The van der Waals surface area contributed by atoms with E-state index in [1.165, 1.54) is 24.3 Å². The molecular formula is C28H27F3N2O3S. The Hall–Kier alpha value is -3.59. The number of fused-ring (bicyclic) bond motifs is 1. The predicted octanol–water partition coefficient (Wildman–Crippen LogP) is 5.99. The van der Waals surface area contributed by atoms with E-state index in [4.69, 9.17) is 0 Å². The molecule has 3 aromatic carbocycles. The van der Waals surface area contributed by atoms with Crippen molar-refractivity contribution in [1.82, 2.24) is 9.88 Å². The van der Waals surface area contributed by atoms with Crippen molar-refractivity contribution >= 4 is 26.6 Å². The van der Waals surface area contributed by atoms with Gasteiger partial charge in [0, 0.05) is 41.7 Å². The van der Waals surface area contributed by atoms with Gasteiger partial charge in [-0.2, -0.15) is 13.2 Å². The number of amides is 1. The van der Waals surface area contributed by atoms with Crippen LogP contribution in [0.4, 0.5) is 13.2 Å². The van der Waals surface area contributed by atoms with E-state index in [1.54, 1.807) is 31.2 Å². The Morgan fingerprint density at radius 3 is 2.14 bits per heavy atom. The Labute approximate surface area is 213 Å². The van der Waals surface area contributed by atoms with Crippen LogP contribution < -0.4 is 5.32 Å². The summed E-state index contributed by atoms with van der Waals surface area (Å²) in [6.45, 7) is 4.51. The monoisotopic (exact) mass is 528 g/mol. The molecule has 0 atom stereocenters. The van der Waals surface area contributed by atoms with E-state index in [9.17, 15) is 26.4 Å². The van der Waals surface area contributed by atoms with Crippen LogP contribution in [0.5, 0.6) is 0 Å². The first-order valence-corrected chi connectivity index (χ1v) is 13.5. The Balaban J connectivity index is 1.49. The fourth-order valence-electron chi connectivity index (χ4n) is 4.28. The van der Waals surface area contributed by atoms with Gasteiger partial charge >= 0.3 is 6.18 Å². The summed E-state index contributed by atoms with van der Waals surface area (Å²) < 4.78 is 64.6. The molecule has 1 heterocycles. The van der Waals surface area contributed by atoms with Crippen LogP contribution in [0.3, 0.4) is 0 Å². The highest BCUT2D eigenvalue weighted by Gasteiger charge is 2.30. The van der Waals surface area contributed by atoms with Gasteiger partial charge in [0.15, 0.2) is 9.84 Å². The first-order valence-electron chi connectivity index (χ1n) is 11.9. The highest BCUT2D eigenvalue weighted by atomic mass is 32.2. The van der Waals surface area contributed by atoms with Crippen LogP contribution in [0.25, 0.3) is 10.9 Å². The van der Waals surface area contributed by atoms with E-state index in [0.29, 0.717) is 18.5 Å². The van der Waals surface area contributed by atoms with Crippen LogP contribution in [0.1, 0.15) is 46.6 Å². The number of rotatable bonds is 8. The second-order valence-electron chi connectivity index (χ2n) is 8.76. The third kappa shape index (κ3) is 5.88. The number of halogens is 3. The number of aromatic nitrogens is 1. The molecular weight excluding hydrogens is 501 g/mol. The Kier molecular flexibility index (Phi) is 7.45. The topological polar surface area (TPSA) is 68.2 Å². The lowest BCUT2D eigenvalue weighted by molar-refractivity contribution is -0.137. The third-order valence-electron chi connectivity index (χ3n) is 6.35. The number of nitrogens with zero attached hydrogens (tertiary/aromatic N) is 1. The minimum absolute atomic E-state index is 0.0252. The van der Waals surface area contributed by atoms with Gasteiger partial charge in [-0.3, -0.25) is 4.79 Å². The summed E-state index contributed by atoms with van der Waals surface area (Å²) in [5.74, 6) is -0.238. The molecule has 0 aliphatic heterocycles. The standard InChI is InChI=1S/C28H27F3N2O3S/c1-3-33-24(15-19-5-10-23(11-6-19)28(29,30)31)17-22-16-21(9-14-26(22)33)27(34)32-18-20-7-12-25(13-8-20)37(35,36)4-2/h5-14,16-17H,3-4,15,18H2,1-2H3,(H,32,34). The molecule has 194 valence electrons. The molecule has 9 heteroatoms. The fourth-order valence-corrected chi connectivity index (χ4v) is 5.16. The first-order chi connectivity index (χ1) is 17.5. The molecule has 1 N–H and O–H groups in total. The Morgan fingerprint density at radius 1 is 0.892 bits per heavy atom. The quantitative estimate of drug-likeness (QED) is 0.305. The zero-order valence-electron chi connectivity index (χ0n) is 20.5. The third-order valence-corrected chi connectivity index (χ3v) is 8.10. The average molecular weight is 529 g/mol. The molecule has 5 nitrogen and oxygen atoms in total. The average Bonchev–Trinajstić information content (AvgIpc) is 3.23. The molecule has 4 aromatic rings. The van der Waals surface area contributed by atoms with Gasteiger partial charge in [0.25, 0.3) is 5.91 Å². The second-order valence-corrected chi connectivity index (χ2v) is 11.0. The summed E-state index contributed by atoms with van der Waals surface area (Å²) in [5.41, 5.74) is 3.23. The molecule has 37 heavy (non-hydrogen) atoms. The molecule has 1 aromatic heterocycles. The van der Waals surface area contributed by atoms with Crippen LogP contribution in [0.15, 0.2) is 77.7 Å². The predicted molar refractivity (Wildman–Crippen MR) is 137 cm³/mol. The molecule has 0 saturated heterocycles. The molecule has 0 unspecified atom stereocenters. The highest BCUT2D eigenvalue weighted by Crippen LogP contribution is 2.30. The van der Waals surface area contributed by atoms with Crippen molar-refractivity contribution in [2.75, 3.05) is 5.75 Å². The highest BCUT2D eigenvalue weighted by molar-refractivity contribution is 7.91. The first kappa shape index (κ1) is 26.5. The number of benzene rings is 3. The zero-order chi connectivity index (χ0) is 26.8. The summed E-state index contributed by atoms with van der Waals surface area (Å²) in [7, 11) is -3.28. The van der Waals surface area contributed by atoms with Crippen LogP contribution in [-0.2, 0) is 35.5 Å². The maximum absolute atomic E-state index is 12.9. The number of alkyl halides is 3. The van der Waals surface area contributed by atoms with Gasteiger partial charge in [-0.05, 0) is 66.6 Å². The molecule has 1 amide bonds. The van der Waals surface area contributed by atoms with Crippen LogP contribution >= 0.6 is 0 Å². The van der Waals surface area contributed by atoms with Gasteiger partial charge in [0.2, 0.25) is 0 Å². The number of sulfone groups is 1. The normalized spacial score (nSPS) is 12.1. The van der Waals surface area contributed by atoms with Gasteiger partial charge < -0.3 is 9.88 Å². The zero-order valence-corrected chi connectivity index (χ0v) is 21.3. The van der Waals surface area contributed by atoms with Crippen molar-refractivity contribution in [2.24, 2.45) is 0 Å². The summed E-state index contributed by atoms with van der Waals surface area (Å²) >= 11 is 0. The van der Waals surface area contributed by atoms with E-state index in [1.807, 2.05) is 19.1 Å². The molecule has 0 aliphatic rings. The van der Waals surface area contributed by atoms with Crippen molar-refractivity contribution in [3.63, 3.8) is 0 Å². The maximum atomic E-state index is 12.9. The van der Waals surface area contributed by atoms with Crippen LogP contribution in [-0.4, -0.2) is 24.6 Å². The summed E-state index contributed by atoms with van der Waals surface area (Å²) in [6, 6.07) is 19.0. The number of aryl methyl sites for hydroxylation is 1. The molecule has 4 rings (SSSR count). The van der Waals surface area contributed by atoms with Crippen LogP contribution in [0.2, 0.25) is 0 Å². The maximum Gasteiger partial charge on any atom is 0.416 e. The SMILES string of the molecule is CCn1c(Cc2ccc(C(F)(F)F)cc2)cc2cc(C(=O)NCc3ccc(S(=O)(=O)CC)cc3)ccc21. The summed E-state index contributed by atoms with van der Waals surface area (Å²) in [4.78, 5) is 13.0. The van der Waals surface area contributed by atoms with E-state index >= 15 is 0 Å². The number of hydrogen-bond acceptors (Lipinski definition) is 3. The lowest BCUT2D eigenvalue weighted by Crippen LogP contribution is -2.22. The molecule has 0 saturated carbocycles. The van der Waals surface area contributed by atoms with Crippen molar-refractivity contribution < 1.29 is 26.4 Å². The number of hydrogen-bond donors (Lipinski definition) is 1.